The Hall–Kier alpha value is -2.50. The smallest absolute Gasteiger partial charge is 0.419 e. The fourth-order valence-electron chi connectivity index (χ4n) is 1.99. The number of fused-ring (bicyclic) bond motifs is 3. The molecule has 2 aromatic rings. The number of carboxylic acids is 1. The largest absolute Gasteiger partial charge is 0.488 e. The second-order valence-electron chi connectivity index (χ2n) is 4.74. The quantitative estimate of drug-likeness (QED) is 0.854. The number of halogens is 3. The first kappa shape index (κ1) is 15.9. The maximum absolute atomic E-state index is 12.2. The molecule has 0 aliphatic carbocycles. The van der Waals surface area contributed by atoms with E-state index in [1.807, 2.05) is 6.07 Å². The lowest BCUT2D eigenvalue weighted by Gasteiger charge is -2.19. The molecule has 22 heavy (non-hydrogen) atoms. The van der Waals surface area contributed by atoms with Crippen LogP contribution in [0.1, 0.15) is 27.0 Å². The van der Waals surface area contributed by atoms with Crippen molar-refractivity contribution in [3.63, 3.8) is 0 Å². The number of benzene rings is 2. The van der Waals surface area contributed by atoms with Crippen LogP contribution in [0, 0.1) is 6.92 Å². The average molecular weight is 310 g/mol. The maximum atomic E-state index is 12.2. The zero-order valence-corrected chi connectivity index (χ0v) is 11.6. The first-order chi connectivity index (χ1) is 10.3. The van der Waals surface area contributed by atoms with Crippen LogP contribution in [0.15, 0.2) is 42.5 Å². The van der Waals surface area contributed by atoms with E-state index < -0.39 is 17.7 Å². The molecule has 0 fully saturated rings. The van der Waals surface area contributed by atoms with E-state index in [0.717, 1.165) is 11.6 Å². The van der Waals surface area contributed by atoms with Gasteiger partial charge in [0.05, 0.1) is 11.1 Å². The third-order valence-corrected chi connectivity index (χ3v) is 3.12. The number of ether oxygens (including phenoxy) is 1. The molecule has 6 heteroatoms. The molecule has 0 aromatic heterocycles. The van der Waals surface area contributed by atoms with E-state index in [1.54, 1.807) is 31.2 Å². The van der Waals surface area contributed by atoms with Gasteiger partial charge < -0.3 is 9.84 Å². The van der Waals surface area contributed by atoms with Gasteiger partial charge in [-0.3, -0.25) is 0 Å². The van der Waals surface area contributed by atoms with Gasteiger partial charge in [-0.15, -0.1) is 0 Å². The van der Waals surface area contributed by atoms with E-state index in [9.17, 15) is 18.0 Å². The van der Waals surface area contributed by atoms with Crippen molar-refractivity contribution in [3.05, 3.63) is 64.7 Å². The molecule has 1 N–H and O–H groups in total. The zero-order valence-electron chi connectivity index (χ0n) is 11.6. The van der Waals surface area contributed by atoms with Crippen molar-refractivity contribution in [1.29, 1.82) is 0 Å². The average Bonchev–Trinajstić information content (AvgIpc) is 2.48. The molecule has 2 aliphatic heterocycles. The molecule has 0 spiro atoms. The highest BCUT2D eigenvalue weighted by atomic mass is 19.4. The highest BCUT2D eigenvalue weighted by molar-refractivity contribution is 5.89. The van der Waals surface area contributed by atoms with E-state index in [4.69, 9.17) is 9.84 Å². The van der Waals surface area contributed by atoms with Crippen LogP contribution in [0.25, 0.3) is 0 Å². The topological polar surface area (TPSA) is 46.5 Å². The van der Waals surface area contributed by atoms with E-state index in [-0.39, 0.29) is 12.4 Å². The normalized spacial score (nSPS) is 12.2. The minimum Gasteiger partial charge on any atom is -0.488 e. The van der Waals surface area contributed by atoms with Gasteiger partial charge in [-0.05, 0) is 36.2 Å². The molecule has 2 aliphatic rings. The van der Waals surface area contributed by atoms with Crippen LogP contribution in [0.4, 0.5) is 13.2 Å². The predicted octanol–water partition coefficient (Wildman–Crippen LogP) is 4.29. The summed E-state index contributed by atoms with van der Waals surface area (Å²) in [7, 11) is 0. The molecule has 0 atom stereocenters. The molecule has 0 radical (unpaired) electrons. The van der Waals surface area contributed by atoms with Gasteiger partial charge in [0.25, 0.3) is 0 Å². The standard InChI is InChI=1S/C8H5F3O.C8H8O2/c9-8(10,11)6-3-5-1-2-7(6)12-4-5;1-6-4-2-3-5-7(6)8(9)10/h1-3H,4H2;2-5H,1H3,(H,9,10). The van der Waals surface area contributed by atoms with Crippen molar-refractivity contribution in [2.75, 3.05) is 0 Å². The SMILES string of the molecule is Cc1ccccc1C(=O)O.FC(F)(F)c1cc2ccc1OC2. The Balaban J connectivity index is 0.000000164. The Morgan fingerprint density at radius 3 is 2.18 bits per heavy atom. The number of hydrogen-bond donors (Lipinski definition) is 1. The van der Waals surface area contributed by atoms with Crippen LogP contribution >= 0.6 is 0 Å². The highest BCUT2D eigenvalue weighted by Crippen LogP contribution is 2.39. The molecule has 0 unspecified atom stereocenters. The molecule has 2 aromatic carbocycles. The van der Waals surface area contributed by atoms with Crippen molar-refractivity contribution in [2.24, 2.45) is 0 Å². The van der Waals surface area contributed by atoms with Gasteiger partial charge in [0.15, 0.2) is 0 Å². The molecule has 0 amide bonds. The lowest BCUT2D eigenvalue weighted by Crippen LogP contribution is -2.13. The van der Waals surface area contributed by atoms with Crippen LogP contribution in [0.2, 0.25) is 0 Å². The van der Waals surface area contributed by atoms with Crippen LogP contribution in [-0.2, 0) is 12.8 Å². The summed E-state index contributed by atoms with van der Waals surface area (Å²) in [5, 5.41) is 8.57. The number of carboxylic acid groups (broad SMARTS) is 1. The van der Waals surface area contributed by atoms with Gasteiger partial charge in [-0.1, -0.05) is 24.3 Å². The zero-order chi connectivity index (χ0) is 16.3. The highest BCUT2D eigenvalue weighted by Gasteiger charge is 2.36. The fraction of sp³-hybridized carbons (Fsp3) is 0.188. The summed E-state index contributed by atoms with van der Waals surface area (Å²) in [6.07, 6.45) is -4.30. The van der Waals surface area contributed by atoms with Gasteiger partial charge in [0, 0.05) is 0 Å². The molecule has 2 bridgehead atoms. The van der Waals surface area contributed by atoms with E-state index in [0.29, 0.717) is 11.1 Å². The molecule has 0 saturated heterocycles. The Kier molecular flexibility index (Phi) is 4.40. The Bertz CT molecular complexity index is 693. The Labute approximate surface area is 125 Å². The minimum atomic E-state index is -4.30. The lowest BCUT2D eigenvalue weighted by atomic mass is 10.1. The predicted molar refractivity (Wildman–Crippen MR) is 73.9 cm³/mol. The second-order valence-corrected chi connectivity index (χ2v) is 4.74. The van der Waals surface area contributed by atoms with Crippen molar-refractivity contribution in [1.82, 2.24) is 0 Å². The van der Waals surface area contributed by atoms with E-state index >= 15 is 0 Å². The molecule has 2 heterocycles. The summed E-state index contributed by atoms with van der Waals surface area (Å²) in [6, 6.07) is 11.0. The summed E-state index contributed by atoms with van der Waals surface area (Å²) in [6.45, 7) is 2.04. The number of hydrogen-bond acceptors (Lipinski definition) is 2. The third-order valence-electron chi connectivity index (χ3n) is 3.12. The number of alkyl halides is 3. The van der Waals surface area contributed by atoms with Crippen LogP contribution in [0.5, 0.6) is 5.75 Å². The first-order valence-corrected chi connectivity index (χ1v) is 6.41. The third kappa shape index (κ3) is 3.58. The number of carbonyl (C=O) groups is 1. The van der Waals surface area contributed by atoms with Gasteiger partial charge in [-0.25, -0.2) is 4.79 Å². The minimum absolute atomic E-state index is 0.0718. The molecule has 116 valence electrons. The molecule has 3 nitrogen and oxygen atoms in total. The van der Waals surface area contributed by atoms with Gasteiger partial charge in [0.2, 0.25) is 0 Å². The monoisotopic (exact) mass is 310 g/mol. The van der Waals surface area contributed by atoms with Crippen LogP contribution < -0.4 is 4.74 Å². The number of aromatic carboxylic acids is 1. The lowest BCUT2D eigenvalue weighted by molar-refractivity contribution is -0.139. The van der Waals surface area contributed by atoms with E-state index in [1.165, 1.54) is 6.07 Å². The summed E-state index contributed by atoms with van der Waals surface area (Å²) < 4.78 is 41.4. The van der Waals surface area contributed by atoms with Crippen molar-refractivity contribution < 1.29 is 27.8 Å². The maximum Gasteiger partial charge on any atom is 0.419 e. The summed E-state index contributed by atoms with van der Waals surface area (Å²) >= 11 is 0. The summed E-state index contributed by atoms with van der Waals surface area (Å²) in [4.78, 5) is 10.4. The number of aryl methyl sites for hydroxylation is 1. The Morgan fingerprint density at radius 1 is 1.18 bits per heavy atom. The molecular weight excluding hydrogens is 297 g/mol. The van der Waals surface area contributed by atoms with Crippen LogP contribution in [-0.4, -0.2) is 11.1 Å². The fourth-order valence-corrected chi connectivity index (χ4v) is 1.99. The first-order valence-electron chi connectivity index (χ1n) is 6.41. The molecular formula is C16H13F3O3. The van der Waals surface area contributed by atoms with Gasteiger partial charge in [-0.2, -0.15) is 13.2 Å². The van der Waals surface area contributed by atoms with E-state index in [2.05, 4.69) is 0 Å². The number of rotatable bonds is 1. The van der Waals surface area contributed by atoms with Crippen molar-refractivity contribution >= 4 is 5.97 Å². The second kappa shape index (κ2) is 6.09. The van der Waals surface area contributed by atoms with Gasteiger partial charge >= 0.3 is 12.1 Å². The van der Waals surface area contributed by atoms with Crippen molar-refractivity contribution in [2.45, 2.75) is 19.7 Å². The summed E-state index contributed by atoms with van der Waals surface area (Å²) in [5.41, 5.74) is 1.07. The van der Waals surface area contributed by atoms with Crippen molar-refractivity contribution in [3.8, 4) is 5.75 Å². The Morgan fingerprint density at radius 2 is 1.86 bits per heavy atom. The molecule has 0 saturated carbocycles. The van der Waals surface area contributed by atoms with Gasteiger partial charge in [0.1, 0.15) is 12.4 Å². The van der Waals surface area contributed by atoms with Crippen LogP contribution in [0.3, 0.4) is 0 Å². The summed E-state index contributed by atoms with van der Waals surface area (Å²) in [5.74, 6) is -0.935. The molecule has 4 rings (SSSR count).